The molecule has 1 N–H and O–H groups in total. The highest BCUT2D eigenvalue weighted by Crippen LogP contribution is 2.39. The van der Waals surface area contributed by atoms with Gasteiger partial charge in [-0.05, 0) is 54.2 Å². The number of nitrogens with zero attached hydrogens (tertiary/aromatic N) is 5. The molecular weight excluding hydrogens is 765 g/mol. The predicted octanol–water partition coefficient (Wildman–Crippen LogP) is 9.07. The van der Waals surface area contributed by atoms with Crippen molar-refractivity contribution in [3.63, 3.8) is 0 Å². The van der Waals surface area contributed by atoms with E-state index >= 15 is 0 Å². The zero-order valence-corrected chi connectivity index (χ0v) is 34.0. The first-order valence-electron chi connectivity index (χ1n) is 18.1. The lowest BCUT2D eigenvalue weighted by molar-refractivity contribution is 0.200. The molecule has 1 atom stereocenters. The van der Waals surface area contributed by atoms with Crippen LogP contribution in [-0.2, 0) is 10.0 Å². The molecule has 0 aliphatic heterocycles. The van der Waals surface area contributed by atoms with Gasteiger partial charge in [-0.3, -0.25) is 4.57 Å². The molecule has 4 rings (SSSR count). The number of pyridine rings is 1. The Kier molecular flexibility index (Phi) is 15.5. The predicted molar refractivity (Wildman–Crippen MR) is 210 cm³/mol. The van der Waals surface area contributed by atoms with Crippen LogP contribution in [0.5, 0.6) is 17.4 Å². The van der Waals surface area contributed by atoms with Crippen molar-refractivity contribution in [1.82, 2.24) is 19.7 Å². The van der Waals surface area contributed by atoms with E-state index < -0.39 is 27.7 Å². The second-order valence-electron chi connectivity index (χ2n) is 14.3. The Morgan fingerprint density at radius 2 is 1.45 bits per heavy atom. The number of sulfonamides is 1. The molecule has 14 heteroatoms. The van der Waals surface area contributed by atoms with Gasteiger partial charge in [0.15, 0.2) is 5.82 Å². The van der Waals surface area contributed by atoms with Crippen molar-refractivity contribution in [2.45, 2.75) is 91.1 Å². The van der Waals surface area contributed by atoms with Gasteiger partial charge in [-0.15, -0.1) is 10.2 Å². The topological polar surface area (TPSA) is 129 Å². The molecule has 290 valence electrons. The molecular formula is C39H53BrFN5O6S. The first-order valence-corrected chi connectivity index (χ1v) is 20.5. The number of anilines is 1. The lowest BCUT2D eigenvalue weighted by Gasteiger charge is -2.26. The van der Waals surface area contributed by atoms with Gasteiger partial charge >= 0.3 is 0 Å². The Hall–Kier alpha value is -3.75. The summed E-state index contributed by atoms with van der Waals surface area (Å²) in [6.45, 7) is 6.90. The molecule has 2 aromatic heterocycles. The molecule has 11 nitrogen and oxygen atoms in total. The van der Waals surface area contributed by atoms with E-state index in [0.29, 0.717) is 40.6 Å². The minimum absolute atomic E-state index is 0.0342. The average molecular weight is 819 g/mol. The fourth-order valence-electron chi connectivity index (χ4n) is 6.18. The molecule has 0 aliphatic carbocycles. The van der Waals surface area contributed by atoms with E-state index in [2.05, 4.69) is 51.9 Å². The SMILES string of the molecule is COc1cccc(-c2nnc(N(CCCCCCCCCCCC(C)(C)C)S(=O)(=O)C[C@H](O)c3ccc(F)cc3Br)n2-c2c(OC)cccc2OC)n1. The molecule has 4 aromatic rings. The Labute approximate surface area is 322 Å². The van der Waals surface area contributed by atoms with E-state index in [-0.39, 0.29) is 28.4 Å². The van der Waals surface area contributed by atoms with Crippen LogP contribution < -0.4 is 18.5 Å². The van der Waals surface area contributed by atoms with Gasteiger partial charge < -0.3 is 19.3 Å². The lowest BCUT2D eigenvalue weighted by atomic mass is 9.89. The maximum absolute atomic E-state index is 14.5. The Balaban J connectivity index is 1.67. The molecule has 2 heterocycles. The van der Waals surface area contributed by atoms with Gasteiger partial charge in [-0.2, -0.15) is 0 Å². The fraction of sp³-hybridized carbons (Fsp3) is 0.513. The van der Waals surface area contributed by atoms with Crippen molar-refractivity contribution in [1.29, 1.82) is 0 Å². The number of aliphatic hydroxyl groups excluding tert-OH is 1. The Bertz CT molecular complexity index is 1860. The highest BCUT2D eigenvalue weighted by Gasteiger charge is 2.34. The molecule has 0 fully saturated rings. The largest absolute Gasteiger partial charge is 0.494 e. The number of halogens is 2. The summed E-state index contributed by atoms with van der Waals surface area (Å²) in [5.74, 6) is 0.0403. The molecule has 0 unspecified atom stereocenters. The van der Waals surface area contributed by atoms with Gasteiger partial charge in [-0.25, -0.2) is 22.1 Å². The molecule has 0 saturated heterocycles. The number of benzene rings is 2. The number of aliphatic hydroxyl groups is 1. The van der Waals surface area contributed by atoms with E-state index in [1.165, 1.54) is 75.9 Å². The van der Waals surface area contributed by atoms with Crippen LogP contribution in [0.15, 0.2) is 59.1 Å². The minimum atomic E-state index is -4.30. The fourth-order valence-corrected chi connectivity index (χ4v) is 8.32. The molecule has 0 aliphatic rings. The average Bonchev–Trinajstić information content (AvgIpc) is 3.54. The highest BCUT2D eigenvalue weighted by atomic mass is 79.9. The summed E-state index contributed by atoms with van der Waals surface area (Å²) in [7, 11) is 0.202. The van der Waals surface area contributed by atoms with Gasteiger partial charge in [0.1, 0.15) is 28.7 Å². The smallest absolute Gasteiger partial charge is 0.246 e. The lowest BCUT2D eigenvalue weighted by Crippen LogP contribution is -2.37. The highest BCUT2D eigenvalue weighted by molar-refractivity contribution is 9.10. The first kappa shape index (κ1) is 42.0. The molecule has 0 radical (unpaired) electrons. The van der Waals surface area contributed by atoms with Crippen LogP contribution in [-0.4, -0.2) is 66.9 Å². The third-order valence-corrected chi connectivity index (χ3v) is 11.4. The van der Waals surface area contributed by atoms with Gasteiger partial charge in [0.05, 0.1) is 33.2 Å². The number of ether oxygens (including phenoxy) is 3. The summed E-state index contributed by atoms with van der Waals surface area (Å²) in [6, 6.07) is 14.1. The zero-order valence-electron chi connectivity index (χ0n) is 31.6. The van der Waals surface area contributed by atoms with E-state index in [9.17, 15) is 17.9 Å². The van der Waals surface area contributed by atoms with Crippen molar-refractivity contribution in [3.05, 3.63) is 70.5 Å². The zero-order chi connectivity index (χ0) is 38.6. The maximum atomic E-state index is 14.5. The second-order valence-corrected chi connectivity index (χ2v) is 17.1. The summed E-state index contributed by atoms with van der Waals surface area (Å²) in [5.41, 5.74) is 1.34. The quantitative estimate of drug-likeness (QED) is 0.0819. The Morgan fingerprint density at radius 1 is 0.849 bits per heavy atom. The van der Waals surface area contributed by atoms with Gasteiger partial charge in [0, 0.05) is 17.1 Å². The molecule has 0 saturated carbocycles. The minimum Gasteiger partial charge on any atom is -0.494 e. The van der Waals surface area contributed by atoms with E-state index in [1.54, 1.807) is 41.0 Å². The summed E-state index contributed by atoms with van der Waals surface area (Å²) < 4.78 is 62.7. The van der Waals surface area contributed by atoms with Crippen LogP contribution in [0.3, 0.4) is 0 Å². The van der Waals surface area contributed by atoms with E-state index in [4.69, 9.17) is 14.2 Å². The third-order valence-electron chi connectivity index (χ3n) is 8.97. The van der Waals surface area contributed by atoms with Crippen LogP contribution in [0, 0.1) is 11.2 Å². The second kappa shape index (κ2) is 19.5. The number of rotatable bonds is 21. The molecule has 0 amide bonds. The summed E-state index contributed by atoms with van der Waals surface area (Å²) >= 11 is 3.27. The van der Waals surface area contributed by atoms with Crippen molar-refractivity contribution >= 4 is 31.9 Å². The summed E-state index contributed by atoms with van der Waals surface area (Å²) in [6.07, 6.45) is 9.13. The van der Waals surface area contributed by atoms with Crippen LogP contribution in [0.2, 0.25) is 0 Å². The van der Waals surface area contributed by atoms with Crippen LogP contribution >= 0.6 is 15.9 Å². The standard InChI is InChI=1S/C39H53BrFN5O6S/c1-39(2,3)24-14-12-10-8-7-9-11-13-15-25-45(53(48,49)27-32(47)29-23-22-28(41)26-30(29)40)38-44-43-37(31-18-16-21-35(42-31)52-6)46(38)36-33(50-4)19-17-20-34(36)51-5/h16-23,26,32,47H,7-15,24-25,27H2,1-6H3/t32-/m0/s1. The van der Waals surface area contributed by atoms with Crippen molar-refractivity contribution in [2.24, 2.45) is 5.41 Å². The number of methoxy groups -OCH3 is 3. The van der Waals surface area contributed by atoms with Crippen molar-refractivity contribution in [3.8, 4) is 34.6 Å². The van der Waals surface area contributed by atoms with Crippen LogP contribution in [0.1, 0.15) is 96.6 Å². The van der Waals surface area contributed by atoms with Gasteiger partial charge in [0.2, 0.25) is 21.9 Å². The number of hydrogen-bond donors (Lipinski definition) is 1. The van der Waals surface area contributed by atoms with E-state index in [1.807, 2.05) is 0 Å². The molecule has 0 spiro atoms. The monoisotopic (exact) mass is 817 g/mol. The molecule has 53 heavy (non-hydrogen) atoms. The van der Waals surface area contributed by atoms with Crippen molar-refractivity contribution < 1.29 is 32.1 Å². The summed E-state index contributed by atoms with van der Waals surface area (Å²) in [5, 5.41) is 20.2. The third kappa shape index (κ3) is 11.6. The molecule has 2 aromatic carbocycles. The van der Waals surface area contributed by atoms with Crippen LogP contribution in [0.4, 0.5) is 10.3 Å². The van der Waals surface area contributed by atoms with Crippen molar-refractivity contribution in [2.75, 3.05) is 37.9 Å². The van der Waals surface area contributed by atoms with Crippen LogP contribution in [0.25, 0.3) is 17.2 Å². The van der Waals surface area contributed by atoms with Gasteiger partial charge in [-0.1, -0.05) is 106 Å². The van der Waals surface area contributed by atoms with E-state index in [0.717, 1.165) is 25.7 Å². The number of unbranched alkanes of at least 4 members (excludes halogenated alkanes) is 8. The normalized spacial score (nSPS) is 12.5. The molecule has 0 bridgehead atoms. The summed E-state index contributed by atoms with van der Waals surface area (Å²) in [4.78, 5) is 4.57. The number of aromatic nitrogens is 4. The number of para-hydroxylation sites is 1. The number of hydrogen-bond acceptors (Lipinski definition) is 9. The maximum Gasteiger partial charge on any atom is 0.246 e. The van der Waals surface area contributed by atoms with Gasteiger partial charge in [0.25, 0.3) is 0 Å². The Morgan fingerprint density at radius 3 is 2.04 bits per heavy atom. The first-order chi connectivity index (χ1) is 25.3.